The van der Waals surface area contributed by atoms with Crippen molar-refractivity contribution in [3.05, 3.63) is 71.9 Å². The van der Waals surface area contributed by atoms with Crippen LogP contribution in [-0.2, 0) is 11.3 Å². The first-order chi connectivity index (χ1) is 20.1. The molecule has 10 nitrogen and oxygen atoms in total. The predicted molar refractivity (Wildman–Crippen MR) is 156 cm³/mol. The zero-order chi connectivity index (χ0) is 29.6. The van der Waals surface area contributed by atoms with E-state index in [0.29, 0.717) is 35.4 Å². The van der Waals surface area contributed by atoms with Gasteiger partial charge in [0.2, 0.25) is 0 Å². The molecule has 3 saturated heterocycles. The van der Waals surface area contributed by atoms with Crippen LogP contribution in [-0.4, -0.2) is 63.5 Å². The summed E-state index contributed by atoms with van der Waals surface area (Å²) in [6, 6.07) is 13.8. The molecule has 0 radical (unpaired) electrons. The molecule has 2 unspecified atom stereocenters. The number of aromatic nitrogens is 3. The number of piperazine rings is 1. The highest BCUT2D eigenvalue weighted by molar-refractivity contribution is 5.90. The highest BCUT2D eigenvalue weighted by atomic mass is 19.1. The molecule has 1 aromatic carbocycles. The first-order valence-electron chi connectivity index (χ1n) is 13.8. The minimum absolute atomic E-state index is 0.257. The lowest BCUT2D eigenvalue weighted by Gasteiger charge is -2.56. The second-order valence-electron chi connectivity index (χ2n) is 11.7. The van der Waals surface area contributed by atoms with Gasteiger partial charge < -0.3 is 14.4 Å². The van der Waals surface area contributed by atoms with E-state index in [-0.39, 0.29) is 11.6 Å². The average molecular weight is 570 g/mol. The van der Waals surface area contributed by atoms with Crippen LogP contribution in [0.1, 0.15) is 38.3 Å². The Morgan fingerprint density at radius 3 is 2.60 bits per heavy atom. The normalized spacial score (nSPS) is 18.3. The molecular formula is C31H32FN7O3. The third-order valence-electron chi connectivity index (χ3n) is 7.69. The highest BCUT2D eigenvalue weighted by Gasteiger charge is 2.44. The van der Waals surface area contributed by atoms with Crippen LogP contribution in [0.15, 0.2) is 55.0 Å². The molecule has 4 aromatic rings. The molecule has 0 aliphatic carbocycles. The summed E-state index contributed by atoms with van der Waals surface area (Å²) < 4.78 is 26.2. The van der Waals surface area contributed by atoms with Crippen LogP contribution in [0.25, 0.3) is 16.6 Å². The highest BCUT2D eigenvalue weighted by Crippen LogP contribution is 2.37. The quantitative estimate of drug-likeness (QED) is 0.337. The minimum atomic E-state index is -0.643. The SMILES string of the molecule is COc1ccc(CN2C3CC2CN(c2ccc(-c4cc(NC(=O)OC(C)(C)C)cn5ncc(C#N)c45)cn2)C3)cc1F. The van der Waals surface area contributed by atoms with Crippen molar-refractivity contribution in [1.82, 2.24) is 19.5 Å². The number of hydrogen-bond donors (Lipinski definition) is 1. The van der Waals surface area contributed by atoms with Gasteiger partial charge in [0.1, 0.15) is 17.5 Å². The number of nitrogens with one attached hydrogen (secondary N) is 1. The van der Waals surface area contributed by atoms with E-state index in [1.165, 1.54) is 13.3 Å². The third kappa shape index (κ3) is 5.33. The summed E-state index contributed by atoms with van der Waals surface area (Å²) in [5.41, 5.74) is 3.34. The van der Waals surface area contributed by atoms with Crippen LogP contribution in [0.2, 0.25) is 0 Å². The van der Waals surface area contributed by atoms with Gasteiger partial charge in [0, 0.05) is 49.0 Å². The number of benzene rings is 1. The van der Waals surface area contributed by atoms with Crippen molar-refractivity contribution < 1.29 is 18.7 Å². The Bertz CT molecular complexity index is 1680. The van der Waals surface area contributed by atoms with Crippen molar-refractivity contribution in [1.29, 1.82) is 5.26 Å². The molecule has 3 aliphatic rings. The van der Waals surface area contributed by atoms with E-state index < -0.39 is 11.7 Å². The summed E-state index contributed by atoms with van der Waals surface area (Å²) in [6.07, 6.45) is 5.47. The third-order valence-corrected chi connectivity index (χ3v) is 7.69. The number of ether oxygens (including phenoxy) is 2. The van der Waals surface area contributed by atoms with Crippen molar-refractivity contribution in [2.24, 2.45) is 0 Å². The Morgan fingerprint density at radius 1 is 1.17 bits per heavy atom. The van der Waals surface area contributed by atoms with Gasteiger partial charge in [-0.05, 0) is 63.1 Å². The molecule has 2 atom stereocenters. The summed E-state index contributed by atoms with van der Waals surface area (Å²) >= 11 is 0. The predicted octanol–water partition coefficient (Wildman–Crippen LogP) is 5.23. The molecule has 1 N–H and O–H groups in total. The minimum Gasteiger partial charge on any atom is -0.494 e. The lowest BCUT2D eigenvalue weighted by atomic mass is 9.86. The molecular weight excluding hydrogens is 537 g/mol. The smallest absolute Gasteiger partial charge is 0.412 e. The molecule has 3 aliphatic heterocycles. The molecule has 0 saturated carbocycles. The summed E-state index contributed by atoms with van der Waals surface area (Å²) in [4.78, 5) is 21.9. The fourth-order valence-electron chi connectivity index (χ4n) is 5.80. The number of piperidine rings is 1. The van der Waals surface area contributed by atoms with Gasteiger partial charge in [-0.25, -0.2) is 18.7 Å². The maximum atomic E-state index is 14.2. The van der Waals surface area contributed by atoms with E-state index in [9.17, 15) is 14.4 Å². The second-order valence-corrected chi connectivity index (χ2v) is 11.7. The van der Waals surface area contributed by atoms with Gasteiger partial charge >= 0.3 is 6.09 Å². The van der Waals surface area contributed by atoms with Crippen LogP contribution < -0.4 is 15.0 Å². The molecule has 7 rings (SSSR count). The Hall–Kier alpha value is -4.69. The monoisotopic (exact) mass is 569 g/mol. The molecule has 42 heavy (non-hydrogen) atoms. The number of nitrogens with zero attached hydrogens (tertiary/aromatic N) is 6. The summed E-state index contributed by atoms with van der Waals surface area (Å²) in [5, 5.41) is 16.8. The number of nitriles is 1. The molecule has 6 heterocycles. The first kappa shape index (κ1) is 27.5. The zero-order valence-corrected chi connectivity index (χ0v) is 24.0. The van der Waals surface area contributed by atoms with Crippen molar-refractivity contribution in [2.45, 2.75) is 51.4 Å². The first-order valence-corrected chi connectivity index (χ1v) is 13.8. The summed E-state index contributed by atoms with van der Waals surface area (Å²) in [7, 11) is 1.47. The van der Waals surface area contributed by atoms with Gasteiger partial charge in [0.05, 0.1) is 36.3 Å². The maximum Gasteiger partial charge on any atom is 0.412 e. The van der Waals surface area contributed by atoms with Crippen LogP contribution in [0.4, 0.5) is 20.7 Å². The number of rotatable bonds is 6. The van der Waals surface area contributed by atoms with Crippen LogP contribution in [0.5, 0.6) is 5.75 Å². The Balaban J connectivity index is 1.19. The van der Waals surface area contributed by atoms with E-state index in [1.807, 2.05) is 18.2 Å². The van der Waals surface area contributed by atoms with E-state index >= 15 is 0 Å². The molecule has 11 heteroatoms. The number of fused-ring (bicyclic) bond motifs is 3. The van der Waals surface area contributed by atoms with Gasteiger partial charge in [-0.1, -0.05) is 6.07 Å². The number of pyridine rings is 2. The van der Waals surface area contributed by atoms with Crippen LogP contribution in [0.3, 0.4) is 0 Å². The lowest BCUT2D eigenvalue weighted by molar-refractivity contribution is -0.00875. The molecule has 3 fully saturated rings. The molecule has 3 aromatic heterocycles. The lowest BCUT2D eigenvalue weighted by Crippen LogP contribution is -2.68. The van der Waals surface area contributed by atoms with Gasteiger partial charge in [0.15, 0.2) is 11.6 Å². The number of methoxy groups -OCH3 is 1. The number of hydrogen-bond acceptors (Lipinski definition) is 8. The Labute approximate surface area is 243 Å². The van der Waals surface area contributed by atoms with Crippen molar-refractivity contribution in [2.75, 3.05) is 30.4 Å². The number of carbonyl (C=O) groups is 1. The second kappa shape index (κ2) is 10.6. The van der Waals surface area contributed by atoms with Crippen molar-refractivity contribution in [3.8, 4) is 22.9 Å². The van der Waals surface area contributed by atoms with Crippen LogP contribution in [0, 0.1) is 17.1 Å². The number of carbonyl (C=O) groups excluding carboxylic acids is 1. The summed E-state index contributed by atoms with van der Waals surface area (Å²) in [5.74, 6) is 0.789. The van der Waals surface area contributed by atoms with Gasteiger partial charge in [-0.2, -0.15) is 10.4 Å². The fraction of sp³-hybridized carbons (Fsp3) is 0.355. The van der Waals surface area contributed by atoms with E-state index in [4.69, 9.17) is 14.5 Å². The topological polar surface area (TPSA) is 108 Å². The van der Waals surface area contributed by atoms with Crippen LogP contribution >= 0.6 is 0 Å². The number of halogens is 1. The molecule has 1 amide bonds. The number of amides is 1. The van der Waals surface area contributed by atoms with E-state index in [1.54, 1.807) is 55.9 Å². The fourth-order valence-corrected chi connectivity index (χ4v) is 5.80. The standard InChI is InChI=1S/C31H32FN7O3/c1-31(2,3)42-30(40)36-22-10-25(29-21(12-33)14-35-39(29)16-22)20-6-8-28(34-13-20)37-17-23-11-24(18-37)38(23)15-19-5-7-27(41-4)26(32)9-19/h5-10,13-14,16,23-24H,11,15,17-18H2,1-4H3,(H,36,40). The molecule has 2 bridgehead atoms. The zero-order valence-electron chi connectivity index (χ0n) is 24.0. The largest absolute Gasteiger partial charge is 0.494 e. The van der Waals surface area contributed by atoms with Gasteiger partial charge in [0.25, 0.3) is 0 Å². The molecule has 216 valence electrons. The average Bonchev–Trinajstić information content (AvgIpc) is 3.38. The van der Waals surface area contributed by atoms with E-state index in [0.717, 1.165) is 42.0 Å². The van der Waals surface area contributed by atoms with E-state index in [2.05, 4.69) is 26.3 Å². The number of anilines is 2. The maximum absolute atomic E-state index is 14.2. The Morgan fingerprint density at radius 2 is 1.95 bits per heavy atom. The molecule has 0 spiro atoms. The van der Waals surface area contributed by atoms with Gasteiger partial charge in [-0.3, -0.25) is 10.2 Å². The van der Waals surface area contributed by atoms with Gasteiger partial charge in [-0.15, -0.1) is 0 Å². The van der Waals surface area contributed by atoms with Crippen molar-refractivity contribution in [3.63, 3.8) is 0 Å². The summed E-state index contributed by atoms with van der Waals surface area (Å²) in [6.45, 7) is 7.77. The Kier molecular flexibility index (Phi) is 6.94. The van der Waals surface area contributed by atoms with Crippen molar-refractivity contribution >= 4 is 23.1 Å².